The maximum absolute atomic E-state index is 5.19. The number of ether oxygens (including phenoxy) is 1. The molecular formula is C23H21NO. The molecule has 0 bridgehead atoms. The van der Waals surface area contributed by atoms with Gasteiger partial charge in [-0.15, -0.1) is 0 Å². The zero-order valence-electron chi connectivity index (χ0n) is 14.3. The lowest BCUT2D eigenvalue weighted by Gasteiger charge is -2.12. The first-order valence-electron chi connectivity index (χ1n) is 8.57. The predicted molar refractivity (Wildman–Crippen MR) is 103 cm³/mol. The number of rotatable bonds is 4. The number of nitrogens with one attached hydrogen (secondary N) is 1. The second-order valence-corrected chi connectivity index (χ2v) is 6.29. The zero-order chi connectivity index (χ0) is 17.1. The molecule has 0 aliphatic carbocycles. The van der Waals surface area contributed by atoms with E-state index in [1.54, 1.807) is 7.11 Å². The van der Waals surface area contributed by atoms with Crippen molar-refractivity contribution in [3.8, 4) is 5.75 Å². The summed E-state index contributed by atoms with van der Waals surface area (Å²) < 4.78 is 5.19. The van der Waals surface area contributed by atoms with Crippen molar-refractivity contribution in [2.45, 2.75) is 12.6 Å². The smallest absolute Gasteiger partial charge is 0.118 e. The highest BCUT2D eigenvalue weighted by Crippen LogP contribution is 2.30. The van der Waals surface area contributed by atoms with Crippen LogP contribution in [0.15, 0.2) is 72.8 Å². The molecule has 1 atom stereocenters. The minimum Gasteiger partial charge on any atom is -0.497 e. The molecule has 0 amide bonds. The fourth-order valence-corrected chi connectivity index (χ4v) is 3.30. The van der Waals surface area contributed by atoms with Crippen molar-refractivity contribution < 1.29 is 4.74 Å². The quantitative estimate of drug-likeness (QED) is 0.676. The van der Waals surface area contributed by atoms with Crippen molar-refractivity contribution in [2.75, 3.05) is 7.11 Å². The van der Waals surface area contributed by atoms with Crippen LogP contribution in [0, 0.1) is 0 Å². The minimum atomic E-state index is 0.302. The van der Waals surface area contributed by atoms with E-state index < -0.39 is 0 Å². The lowest BCUT2D eigenvalue weighted by atomic mass is 9.97. The Morgan fingerprint density at radius 2 is 1.48 bits per heavy atom. The van der Waals surface area contributed by atoms with Crippen LogP contribution in [0.2, 0.25) is 0 Å². The molecule has 1 heterocycles. The van der Waals surface area contributed by atoms with Gasteiger partial charge in [-0.2, -0.15) is 0 Å². The Morgan fingerprint density at radius 1 is 0.840 bits per heavy atom. The summed E-state index contributed by atoms with van der Waals surface area (Å²) in [6, 6.07) is 25.8. The third kappa shape index (κ3) is 3.35. The van der Waals surface area contributed by atoms with Crippen molar-refractivity contribution in [3.05, 3.63) is 101 Å². The highest BCUT2D eigenvalue weighted by Gasteiger charge is 2.22. The van der Waals surface area contributed by atoms with Crippen molar-refractivity contribution in [3.63, 3.8) is 0 Å². The molecule has 124 valence electrons. The van der Waals surface area contributed by atoms with Crippen LogP contribution in [-0.4, -0.2) is 7.11 Å². The Kier molecular flexibility index (Phi) is 4.36. The number of benzene rings is 3. The Bertz CT molecular complexity index is 879. The summed E-state index contributed by atoms with van der Waals surface area (Å²) in [5.74, 6) is 0.880. The van der Waals surface area contributed by atoms with Gasteiger partial charge in [-0.05, 0) is 39.9 Å². The minimum absolute atomic E-state index is 0.302. The van der Waals surface area contributed by atoms with Crippen LogP contribution in [0.3, 0.4) is 0 Å². The van der Waals surface area contributed by atoms with Gasteiger partial charge in [-0.1, -0.05) is 72.8 Å². The second kappa shape index (κ2) is 6.96. The molecule has 1 aliphatic rings. The van der Waals surface area contributed by atoms with E-state index in [2.05, 4.69) is 78.1 Å². The van der Waals surface area contributed by atoms with E-state index in [-0.39, 0.29) is 0 Å². The van der Waals surface area contributed by atoms with E-state index in [1.165, 1.54) is 22.3 Å². The van der Waals surface area contributed by atoms with Crippen molar-refractivity contribution in [1.82, 2.24) is 5.32 Å². The van der Waals surface area contributed by atoms with Crippen LogP contribution in [0.1, 0.15) is 33.9 Å². The van der Waals surface area contributed by atoms with Crippen LogP contribution >= 0.6 is 0 Å². The van der Waals surface area contributed by atoms with Crippen molar-refractivity contribution in [2.24, 2.45) is 0 Å². The molecule has 2 nitrogen and oxygen atoms in total. The van der Waals surface area contributed by atoms with E-state index in [1.807, 2.05) is 12.1 Å². The second-order valence-electron chi connectivity index (χ2n) is 6.29. The molecule has 2 heteroatoms. The highest BCUT2D eigenvalue weighted by atomic mass is 16.5. The predicted octanol–water partition coefficient (Wildman–Crippen LogP) is 5.06. The average molecular weight is 327 g/mol. The van der Waals surface area contributed by atoms with Gasteiger partial charge >= 0.3 is 0 Å². The van der Waals surface area contributed by atoms with Crippen molar-refractivity contribution >= 4 is 12.2 Å². The largest absolute Gasteiger partial charge is 0.497 e. The SMILES string of the molecule is COc1ccc(C=Cc2ccc(C3NCc4ccccc43)cc2)cc1. The Balaban J connectivity index is 1.50. The maximum atomic E-state index is 5.19. The van der Waals surface area contributed by atoms with Crippen LogP contribution in [-0.2, 0) is 6.54 Å². The average Bonchev–Trinajstić information content (AvgIpc) is 3.11. The first kappa shape index (κ1) is 15.7. The van der Waals surface area contributed by atoms with Gasteiger partial charge in [0.15, 0.2) is 0 Å². The molecule has 3 aromatic rings. The summed E-state index contributed by atoms with van der Waals surface area (Å²) in [5, 5.41) is 3.60. The summed E-state index contributed by atoms with van der Waals surface area (Å²) in [6.07, 6.45) is 4.26. The first-order chi connectivity index (χ1) is 12.3. The fourth-order valence-electron chi connectivity index (χ4n) is 3.30. The van der Waals surface area contributed by atoms with Gasteiger partial charge < -0.3 is 10.1 Å². The standard InChI is InChI=1S/C23H21NO/c1-25-21-14-10-18(11-15-21)7-6-17-8-12-19(13-9-17)23-22-5-3-2-4-20(22)16-24-23/h2-15,23-24H,16H2,1H3. The van der Waals surface area contributed by atoms with Gasteiger partial charge in [0, 0.05) is 6.54 Å². The van der Waals surface area contributed by atoms with Gasteiger partial charge in [0.25, 0.3) is 0 Å². The monoisotopic (exact) mass is 327 g/mol. The van der Waals surface area contributed by atoms with E-state index in [0.717, 1.165) is 17.9 Å². The lowest BCUT2D eigenvalue weighted by molar-refractivity contribution is 0.415. The van der Waals surface area contributed by atoms with Gasteiger partial charge in [0.05, 0.1) is 13.2 Å². The highest BCUT2D eigenvalue weighted by molar-refractivity contribution is 5.70. The summed E-state index contributed by atoms with van der Waals surface area (Å²) in [7, 11) is 1.68. The number of hydrogen-bond acceptors (Lipinski definition) is 2. The van der Waals surface area contributed by atoms with Gasteiger partial charge in [0.2, 0.25) is 0 Å². The van der Waals surface area contributed by atoms with Crippen LogP contribution in [0.5, 0.6) is 5.75 Å². The summed E-state index contributed by atoms with van der Waals surface area (Å²) in [6.45, 7) is 0.944. The van der Waals surface area contributed by atoms with E-state index >= 15 is 0 Å². The van der Waals surface area contributed by atoms with Gasteiger partial charge in [-0.25, -0.2) is 0 Å². The summed E-state index contributed by atoms with van der Waals surface area (Å²) in [4.78, 5) is 0. The molecule has 0 spiro atoms. The summed E-state index contributed by atoms with van der Waals surface area (Å²) in [5.41, 5.74) is 6.47. The van der Waals surface area contributed by atoms with Gasteiger partial charge in [0.1, 0.15) is 5.75 Å². The van der Waals surface area contributed by atoms with E-state index in [4.69, 9.17) is 4.74 Å². The van der Waals surface area contributed by atoms with E-state index in [0.29, 0.717) is 6.04 Å². The number of fused-ring (bicyclic) bond motifs is 1. The molecule has 1 N–H and O–H groups in total. The molecule has 0 saturated carbocycles. The molecule has 0 fully saturated rings. The third-order valence-electron chi connectivity index (χ3n) is 4.72. The molecule has 1 aliphatic heterocycles. The Hall–Kier alpha value is -2.84. The molecule has 0 radical (unpaired) electrons. The Morgan fingerprint density at radius 3 is 2.16 bits per heavy atom. The number of hydrogen-bond donors (Lipinski definition) is 1. The molecule has 0 saturated heterocycles. The van der Waals surface area contributed by atoms with Crippen LogP contribution in [0.4, 0.5) is 0 Å². The van der Waals surface area contributed by atoms with Gasteiger partial charge in [-0.3, -0.25) is 0 Å². The van der Waals surface area contributed by atoms with Crippen molar-refractivity contribution in [1.29, 1.82) is 0 Å². The first-order valence-corrected chi connectivity index (χ1v) is 8.57. The molecule has 1 unspecified atom stereocenters. The molecule has 3 aromatic carbocycles. The molecular weight excluding hydrogens is 306 g/mol. The molecule has 0 aromatic heterocycles. The third-order valence-corrected chi connectivity index (χ3v) is 4.72. The number of methoxy groups -OCH3 is 1. The van der Waals surface area contributed by atoms with E-state index in [9.17, 15) is 0 Å². The molecule has 25 heavy (non-hydrogen) atoms. The normalized spacial score (nSPS) is 16.1. The van der Waals surface area contributed by atoms with Crippen LogP contribution < -0.4 is 10.1 Å². The maximum Gasteiger partial charge on any atom is 0.118 e. The molecule has 4 rings (SSSR count). The summed E-state index contributed by atoms with van der Waals surface area (Å²) >= 11 is 0. The Labute approximate surface area is 148 Å². The zero-order valence-corrected chi connectivity index (χ0v) is 14.3. The van der Waals surface area contributed by atoms with Crippen LogP contribution in [0.25, 0.3) is 12.2 Å². The lowest BCUT2D eigenvalue weighted by Crippen LogP contribution is -2.13. The topological polar surface area (TPSA) is 21.3 Å². The fraction of sp³-hybridized carbons (Fsp3) is 0.130.